The molecule has 2 amide bonds. The maximum atomic E-state index is 13.7. The molecule has 1 aromatic carbocycles. The van der Waals surface area contributed by atoms with E-state index in [-0.39, 0.29) is 33.1 Å². The highest BCUT2D eigenvalue weighted by Gasteiger charge is 2.31. The van der Waals surface area contributed by atoms with E-state index >= 15 is 0 Å². The van der Waals surface area contributed by atoms with Crippen molar-refractivity contribution in [3.63, 3.8) is 0 Å². The summed E-state index contributed by atoms with van der Waals surface area (Å²) >= 11 is 9.13. The number of rotatable bonds is 2. The molecule has 1 aliphatic heterocycles. The Morgan fingerprint density at radius 3 is 2.42 bits per heavy atom. The van der Waals surface area contributed by atoms with E-state index in [1.807, 2.05) is 20.8 Å². The van der Waals surface area contributed by atoms with Gasteiger partial charge in [-0.1, -0.05) is 11.6 Å². The summed E-state index contributed by atoms with van der Waals surface area (Å²) in [6.07, 6.45) is 0.872. The van der Waals surface area contributed by atoms with E-state index in [2.05, 4.69) is 15.9 Å². The third-order valence-electron chi connectivity index (χ3n) is 4.22. The van der Waals surface area contributed by atoms with Crippen LogP contribution < -0.4 is 0 Å². The predicted octanol–water partition coefficient (Wildman–Crippen LogP) is 4.71. The summed E-state index contributed by atoms with van der Waals surface area (Å²) < 4.78 is 19.3. The van der Waals surface area contributed by atoms with Crippen molar-refractivity contribution >= 4 is 39.5 Å². The Balaban J connectivity index is 1.99. The van der Waals surface area contributed by atoms with Crippen LogP contribution in [0.15, 0.2) is 16.6 Å². The molecule has 0 atom stereocenters. The van der Waals surface area contributed by atoms with Gasteiger partial charge in [0, 0.05) is 26.2 Å². The van der Waals surface area contributed by atoms with Crippen LogP contribution in [0.25, 0.3) is 0 Å². The Labute approximate surface area is 166 Å². The number of ether oxygens (including phenoxy) is 1. The zero-order valence-corrected chi connectivity index (χ0v) is 17.7. The zero-order valence-electron chi connectivity index (χ0n) is 15.3. The summed E-state index contributed by atoms with van der Waals surface area (Å²) in [4.78, 5) is 28.0. The molecule has 8 heteroatoms. The first-order valence-electron chi connectivity index (χ1n) is 8.39. The molecule has 0 N–H and O–H groups in total. The van der Waals surface area contributed by atoms with Crippen molar-refractivity contribution in [1.29, 1.82) is 0 Å². The fourth-order valence-electron chi connectivity index (χ4n) is 2.80. The molecule has 1 fully saturated rings. The fraction of sp³-hybridized carbons (Fsp3) is 0.556. The van der Waals surface area contributed by atoms with Crippen LogP contribution in [0.5, 0.6) is 0 Å². The topological polar surface area (TPSA) is 49.9 Å². The van der Waals surface area contributed by atoms with E-state index < -0.39 is 11.4 Å². The Bertz CT molecular complexity index is 700. The van der Waals surface area contributed by atoms with Crippen LogP contribution in [0.1, 0.15) is 44.0 Å². The minimum Gasteiger partial charge on any atom is -0.444 e. The first-order chi connectivity index (χ1) is 12.0. The van der Waals surface area contributed by atoms with Gasteiger partial charge < -0.3 is 14.5 Å². The highest BCUT2D eigenvalue weighted by molar-refractivity contribution is 9.10. The van der Waals surface area contributed by atoms with E-state index in [1.165, 1.54) is 6.07 Å². The van der Waals surface area contributed by atoms with Gasteiger partial charge in [-0.3, -0.25) is 4.79 Å². The number of carbonyl (C=O) groups excluding carboxylic acids is 2. The predicted molar refractivity (Wildman–Crippen MR) is 102 cm³/mol. The maximum Gasteiger partial charge on any atom is 0.410 e. The second kappa shape index (κ2) is 8.13. The second-order valence-electron chi connectivity index (χ2n) is 7.36. The summed E-state index contributed by atoms with van der Waals surface area (Å²) in [6, 6.07) is 2.52. The van der Waals surface area contributed by atoms with Gasteiger partial charge in [-0.15, -0.1) is 0 Å². The molecule has 0 bridgehead atoms. The number of hydrogen-bond donors (Lipinski definition) is 0. The van der Waals surface area contributed by atoms with Crippen LogP contribution in [0.3, 0.4) is 0 Å². The monoisotopic (exact) mass is 448 g/mol. The Morgan fingerprint density at radius 1 is 1.31 bits per heavy atom. The van der Waals surface area contributed by atoms with Gasteiger partial charge in [0.2, 0.25) is 0 Å². The summed E-state index contributed by atoms with van der Waals surface area (Å²) in [7, 11) is 1.71. The van der Waals surface area contributed by atoms with Crippen LogP contribution in [-0.2, 0) is 4.74 Å². The highest BCUT2D eigenvalue weighted by Crippen LogP contribution is 2.27. The third-order valence-corrected chi connectivity index (χ3v) is 5.14. The molecule has 1 saturated heterocycles. The first kappa shape index (κ1) is 21.0. The van der Waals surface area contributed by atoms with Crippen molar-refractivity contribution in [2.24, 2.45) is 0 Å². The molecule has 144 valence electrons. The molecule has 1 aromatic rings. The number of nitrogens with zero attached hydrogens (tertiary/aromatic N) is 2. The summed E-state index contributed by atoms with van der Waals surface area (Å²) in [5, 5.41) is 0.205. The minimum absolute atomic E-state index is 0.00831. The van der Waals surface area contributed by atoms with Crippen molar-refractivity contribution in [3.05, 3.63) is 33.0 Å². The summed E-state index contributed by atoms with van der Waals surface area (Å²) in [5.74, 6) is -0.836. The lowest BCUT2D eigenvalue weighted by Gasteiger charge is -2.37. The molecule has 0 radical (unpaired) electrons. The van der Waals surface area contributed by atoms with Crippen LogP contribution >= 0.6 is 27.5 Å². The number of benzene rings is 1. The average molecular weight is 450 g/mol. The van der Waals surface area contributed by atoms with Crippen molar-refractivity contribution in [2.45, 2.75) is 45.3 Å². The molecule has 26 heavy (non-hydrogen) atoms. The van der Waals surface area contributed by atoms with Gasteiger partial charge in [-0.2, -0.15) is 0 Å². The van der Waals surface area contributed by atoms with E-state index in [4.69, 9.17) is 16.3 Å². The average Bonchev–Trinajstić information content (AvgIpc) is 2.55. The van der Waals surface area contributed by atoms with Gasteiger partial charge in [0.05, 0.1) is 15.1 Å². The molecule has 0 spiro atoms. The quantitative estimate of drug-likeness (QED) is 0.614. The molecule has 5 nitrogen and oxygen atoms in total. The number of amides is 2. The lowest BCUT2D eigenvalue weighted by Crippen LogP contribution is -2.48. The molecular weight excluding hydrogens is 427 g/mol. The number of carbonyl (C=O) groups is 2. The number of halogens is 3. The number of likely N-dealkylation sites (tertiary alicyclic amines) is 1. The smallest absolute Gasteiger partial charge is 0.410 e. The SMILES string of the molecule is CN(C(=O)OC(C)(C)C)C1CCN(C(=O)c2cc(F)c(Br)cc2Cl)CC1. The van der Waals surface area contributed by atoms with Gasteiger partial charge in [-0.25, -0.2) is 9.18 Å². The van der Waals surface area contributed by atoms with Crippen LogP contribution in [-0.4, -0.2) is 53.6 Å². The highest BCUT2D eigenvalue weighted by atomic mass is 79.9. The van der Waals surface area contributed by atoms with Gasteiger partial charge >= 0.3 is 6.09 Å². The number of piperidine rings is 1. The van der Waals surface area contributed by atoms with Gasteiger partial charge in [0.15, 0.2) is 0 Å². The summed E-state index contributed by atoms with van der Waals surface area (Å²) in [6.45, 7) is 6.39. The molecule has 1 heterocycles. The molecule has 0 unspecified atom stereocenters. The van der Waals surface area contributed by atoms with Crippen molar-refractivity contribution in [1.82, 2.24) is 9.80 Å². The Morgan fingerprint density at radius 2 is 1.88 bits per heavy atom. The van der Waals surface area contributed by atoms with Gasteiger partial charge in [-0.05, 0) is 61.7 Å². The minimum atomic E-state index is -0.551. The lowest BCUT2D eigenvalue weighted by atomic mass is 10.0. The number of hydrogen-bond acceptors (Lipinski definition) is 3. The van der Waals surface area contributed by atoms with Crippen LogP contribution in [0, 0.1) is 5.82 Å². The normalized spacial score (nSPS) is 15.7. The van der Waals surface area contributed by atoms with E-state index in [9.17, 15) is 14.0 Å². The molecular formula is C18H23BrClFN2O3. The van der Waals surface area contributed by atoms with Gasteiger partial charge in [0.1, 0.15) is 11.4 Å². The standard InChI is InChI=1S/C18H23BrClFN2O3/c1-18(2,3)26-17(25)22(4)11-5-7-23(8-6-11)16(24)12-9-15(21)13(19)10-14(12)20/h9-11H,5-8H2,1-4H3. The first-order valence-corrected chi connectivity index (χ1v) is 9.56. The van der Waals surface area contributed by atoms with Crippen molar-refractivity contribution < 1.29 is 18.7 Å². The van der Waals surface area contributed by atoms with E-state index in [1.54, 1.807) is 16.8 Å². The Hall–Kier alpha value is -1.34. The third kappa shape index (κ3) is 5.10. The molecule has 1 aliphatic rings. The lowest BCUT2D eigenvalue weighted by molar-refractivity contribution is 0.0156. The molecule has 0 aromatic heterocycles. The fourth-order valence-corrected chi connectivity index (χ4v) is 3.52. The van der Waals surface area contributed by atoms with E-state index in [0.29, 0.717) is 25.9 Å². The van der Waals surface area contributed by atoms with Gasteiger partial charge in [0.25, 0.3) is 5.91 Å². The Kier molecular flexibility index (Phi) is 6.55. The van der Waals surface area contributed by atoms with E-state index in [0.717, 1.165) is 6.07 Å². The van der Waals surface area contributed by atoms with Crippen molar-refractivity contribution in [2.75, 3.05) is 20.1 Å². The zero-order chi connectivity index (χ0) is 19.6. The largest absolute Gasteiger partial charge is 0.444 e. The van der Waals surface area contributed by atoms with Crippen molar-refractivity contribution in [3.8, 4) is 0 Å². The second-order valence-corrected chi connectivity index (χ2v) is 8.62. The summed E-state index contributed by atoms with van der Waals surface area (Å²) in [5.41, 5.74) is -0.406. The van der Waals surface area contributed by atoms with Crippen LogP contribution in [0.4, 0.5) is 9.18 Å². The molecule has 2 rings (SSSR count). The maximum absolute atomic E-state index is 13.7. The molecule has 0 saturated carbocycles. The molecule has 0 aliphatic carbocycles. The van der Waals surface area contributed by atoms with Crippen LogP contribution in [0.2, 0.25) is 5.02 Å².